The minimum atomic E-state index is -0.423. The first-order valence-electron chi connectivity index (χ1n) is 6.65. The van der Waals surface area contributed by atoms with Crippen LogP contribution in [0.2, 0.25) is 0 Å². The summed E-state index contributed by atoms with van der Waals surface area (Å²) in [4.78, 5) is 16.1. The lowest BCUT2D eigenvalue weighted by Crippen LogP contribution is -2.39. The first kappa shape index (κ1) is 13.1. The average molecular weight is 251 g/mol. The van der Waals surface area contributed by atoms with Crippen LogP contribution < -0.4 is 5.32 Å². The summed E-state index contributed by atoms with van der Waals surface area (Å²) < 4.78 is 2.09. The van der Waals surface area contributed by atoms with Crippen LogP contribution in [-0.2, 0) is 17.8 Å². The van der Waals surface area contributed by atoms with Gasteiger partial charge in [-0.2, -0.15) is 0 Å². The Morgan fingerprint density at radius 1 is 1.72 bits per heavy atom. The minimum absolute atomic E-state index is 0.0167. The van der Waals surface area contributed by atoms with Crippen LogP contribution in [0.3, 0.4) is 0 Å². The van der Waals surface area contributed by atoms with Gasteiger partial charge < -0.3 is 15.0 Å². The molecular formula is C13H21N3O2. The van der Waals surface area contributed by atoms with Crippen LogP contribution in [0.4, 0.5) is 0 Å². The maximum absolute atomic E-state index is 12.0. The summed E-state index contributed by atoms with van der Waals surface area (Å²) in [5, 5.41) is 12.4. The van der Waals surface area contributed by atoms with Crippen molar-refractivity contribution in [1.29, 1.82) is 0 Å². The smallest absolute Gasteiger partial charge is 0.223 e. The van der Waals surface area contributed by atoms with Crippen LogP contribution in [0.15, 0.2) is 12.5 Å². The number of aryl methyl sites for hydroxylation is 1. The fourth-order valence-corrected chi connectivity index (χ4v) is 2.39. The summed E-state index contributed by atoms with van der Waals surface area (Å²) >= 11 is 0. The van der Waals surface area contributed by atoms with E-state index in [-0.39, 0.29) is 11.8 Å². The van der Waals surface area contributed by atoms with Crippen molar-refractivity contribution in [2.75, 3.05) is 6.54 Å². The Bertz CT molecular complexity index is 403. The van der Waals surface area contributed by atoms with Crippen molar-refractivity contribution in [3.8, 4) is 0 Å². The van der Waals surface area contributed by atoms with Crippen molar-refractivity contribution in [3.63, 3.8) is 0 Å². The third-order valence-corrected chi connectivity index (χ3v) is 3.48. The molecule has 0 spiro atoms. The van der Waals surface area contributed by atoms with Gasteiger partial charge in [-0.15, -0.1) is 0 Å². The Morgan fingerprint density at radius 3 is 3.33 bits per heavy atom. The molecule has 1 amide bonds. The summed E-state index contributed by atoms with van der Waals surface area (Å²) in [5.41, 5.74) is 1.12. The summed E-state index contributed by atoms with van der Waals surface area (Å²) in [7, 11) is 0. The molecule has 0 aliphatic carbocycles. The van der Waals surface area contributed by atoms with Gasteiger partial charge in [0.25, 0.3) is 0 Å². The highest BCUT2D eigenvalue weighted by Gasteiger charge is 2.24. The molecule has 100 valence electrons. The van der Waals surface area contributed by atoms with E-state index in [0.717, 1.165) is 37.9 Å². The molecule has 5 heteroatoms. The van der Waals surface area contributed by atoms with E-state index in [1.54, 1.807) is 0 Å². The highest BCUT2D eigenvalue weighted by atomic mass is 16.3. The van der Waals surface area contributed by atoms with Crippen molar-refractivity contribution >= 4 is 5.91 Å². The number of hydrogen-bond acceptors (Lipinski definition) is 3. The Labute approximate surface area is 107 Å². The molecule has 0 bridgehead atoms. The van der Waals surface area contributed by atoms with E-state index in [2.05, 4.69) is 14.9 Å². The minimum Gasteiger partial charge on any atom is -0.391 e. The number of amides is 1. The number of carbonyl (C=O) groups excluding carboxylic acids is 1. The Balaban J connectivity index is 1.80. The Hall–Kier alpha value is -1.36. The molecule has 1 aromatic rings. The third-order valence-electron chi connectivity index (χ3n) is 3.48. The number of nitrogens with one attached hydrogen (secondary N) is 1. The monoisotopic (exact) mass is 251 g/mol. The van der Waals surface area contributed by atoms with Crippen LogP contribution >= 0.6 is 0 Å². The fourth-order valence-electron chi connectivity index (χ4n) is 2.39. The van der Waals surface area contributed by atoms with E-state index < -0.39 is 6.10 Å². The number of imidazole rings is 1. The molecular weight excluding hydrogens is 230 g/mol. The van der Waals surface area contributed by atoms with Gasteiger partial charge in [-0.05, 0) is 12.8 Å². The van der Waals surface area contributed by atoms with Crippen LogP contribution in [0, 0.1) is 5.92 Å². The van der Waals surface area contributed by atoms with Crippen LogP contribution in [0.5, 0.6) is 0 Å². The lowest BCUT2D eigenvalue weighted by Gasteiger charge is -2.23. The summed E-state index contributed by atoms with van der Waals surface area (Å²) in [6, 6.07) is 0. The van der Waals surface area contributed by atoms with Gasteiger partial charge in [-0.3, -0.25) is 4.79 Å². The molecule has 1 aliphatic rings. The molecule has 1 aliphatic heterocycles. The van der Waals surface area contributed by atoms with Gasteiger partial charge in [0.15, 0.2) is 0 Å². The quantitative estimate of drug-likeness (QED) is 0.810. The maximum Gasteiger partial charge on any atom is 0.223 e. The normalized spacial score (nSPS) is 20.2. The second kappa shape index (κ2) is 6.00. The number of rotatable bonds is 5. The molecule has 0 saturated carbocycles. The highest BCUT2D eigenvalue weighted by Crippen LogP contribution is 2.19. The van der Waals surface area contributed by atoms with Gasteiger partial charge >= 0.3 is 0 Å². The van der Waals surface area contributed by atoms with E-state index >= 15 is 0 Å². The number of hydrogen-bond donors (Lipinski definition) is 2. The summed E-state index contributed by atoms with van der Waals surface area (Å²) in [6.07, 6.45) is 6.47. The molecule has 2 atom stereocenters. The molecule has 2 N–H and O–H groups in total. The molecule has 0 radical (unpaired) electrons. The predicted molar refractivity (Wildman–Crippen MR) is 68.0 cm³/mol. The average Bonchev–Trinajstić information content (AvgIpc) is 2.83. The van der Waals surface area contributed by atoms with Crippen molar-refractivity contribution in [2.24, 2.45) is 5.92 Å². The van der Waals surface area contributed by atoms with E-state index in [1.165, 1.54) is 0 Å². The van der Waals surface area contributed by atoms with Gasteiger partial charge in [-0.1, -0.05) is 13.3 Å². The summed E-state index contributed by atoms with van der Waals surface area (Å²) in [5.74, 6) is 0.0700. The number of carbonyl (C=O) groups is 1. The van der Waals surface area contributed by atoms with Crippen molar-refractivity contribution in [3.05, 3.63) is 18.2 Å². The lowest BCUT2D eigenvalue weighted by atomic mass is 9.95. The second-order valence-electron chi connectivity index (χ2n) is 4.96. The first-order chi connectivity index (χ1) is 8.70. The standard InChI is InChI=1S/C13H21N3O2/c1-2-3-12(17)8-15-13(18)10-4-5-16-9-14-7-11(16)6-10/h7,9-10,12,17H,2-6,8H2,1H3,(H,15,18). The molecule has 2 heterocycles. The SMILES string of the molecule is CCCC(O)CNC(=O)C1CCn2cncc2C1. The zero-order valence-corrected chi connectivity index (χ0v) is 10.8. The lowest BCUT2D eigenvalue weighted by molar-refractivity contribution is -0.126. The van der Waals surface area contributed by atoms with Crippen LogP contribution in [-0.4, -0.2) is 33.2 Å². The topological polar surface area (TPSA) is 67.2 Å². The van der Waals surface area contributed by atoms with Crippen molar-refractivity contribution in [1.82, 2.24) is 14.9 Å². The van der Waals surface area contributed by atoms with Gasteiger partial charge in [0.1, 0.15) is 0 Å². The van der Waals surface area contributed by atoms with Crippen molar-refractivity contribution in [2.45, 2.75) is 45.3 Å². The third kappa shape index (κ3) is 3.10. The van der Waals surface area contributed by atoms with E-state index in [9.17, 15) is 9.90 Å². The molecule has 2 unspecified atom stereocenters. The van der Waals surface area contributed by atoms with Crippen LogP contribution in [0.1, 0.15) is 31.9 Å². The van der Waals surface area contributed by atoms with Crippen LogP contribution in [0.25, 0.3) is 0 Å². The molecule has 0 saturated heterocycles. The number of aliphatic hydroxyl groups excluding tert-OH is 1. The van der Waals surface area contributed by atoms with Crippen molar-refractivity contribution < 1.29 is 9.90 Å². The second-order valence-corrected chi connectivity index (χ2v) is 4.96. The zero-order chi connectivity index (χ0) is 13.0. The zero-order valence-electron chi connectivity index (χ0n) is 10.8. The maximum atomic E-state index is 12.0. The highest BCUT2D eigenvalue weighted by molar-refractivity contribution is 5.79. The molecule has 1 aromatic heterocycles. The van der Waals surface area contributed by atoms with Gasteiger partial charge in [0.2, 0.25) is 5.91 Å². The largest absolute Gasteiger partial charge is 0.391 e. The number of nitrogens with zero attached hydrogens (tertiary/aromatic N) is 2. The van der Waals surface area contributed by atoms with E-state index in [4.69, 9.17) is 0 Å². The Morgan fingerprint density at radius 2 is 2.56 bits per heavy atom. The fraction of sp³-hybridized carbons (Fsp3) is 0.692. The molecule has 0 fully saturated rings. The van der Waals surface area contributed by atoms with E-state index in [0.29, 0.717) is 6.54 Å². The molecule has 2 rings (SSSR count). The molecule has 5 nitrogen and oxygen atoms in total. The predicted octanol–water partition coefficient (Wildman–Crippen LogP) is 0.723. The number of fused-ring (bicyclic) bond motifs is 1. The number of aliphatic hydroxyl groups is 1. The Kier molecular flexibility index (Phi) is 4.36. The van der Waals surface area contributed by atoms with E-state index in [1.807, 2.05) is 19.4 Å². The van der Waals surface area contributed by atoms with Gasteiger partial charge in [-0.25, -0.2) is 4.98 Å². The summed E-state index contributed by atoms with van der Waals surface area (Å²) in [6.45, 7) is 3.24. The molecule has 18 heavy (non-hydrogen) atoms. The number of aromatic nitrogens is 2. The molecule has 0 aromatic carbocycles. The first-order valence-corrected chi connectivity index (χ1v) is 6.65. The van der Waals surface area contributed by atoms with Gasteiger partial charge in [0, 0.05) is 37.3 Å². The van der Waals surface area contributed by atoms with Gasteiger partial charge in [0.05, 0.1) is 12.4 Å².